The summed E-state index contributed by atoms with van der Waals surface area (Å²) in [6, 6.07) is 8.24. The summed E-state index contributed by atoms with van der Waals surface area (Å²) in [4.78, 5) is 0. The van der Waals surface area contributed by atoms with Gasteiger partial charge in [0.15, 0.2) is 0 Å². The van der Waals surface area contributed by atoms with Gasteiger partial charge in [0.2, 0.25) is 0 Å². The van der Waals surface area contributed by atoms with Gasteiger partial charge in [0.25, 0.3) is 0 Å². The number of phenolic OH excluding ortho intramolecular Hbond substituents is 1. The number of phenols is 1. The molecule has 0 atom stereocenters. The van der Waals surface area contributed by atoms with Crippen LogP contribution in [0.5, 0.6) is 5.75 Å². The molecule has 0 heterocycles. The lowest BCUT2D eigenvalue weighted by Crippen LogP contribution is -1.98. The van der Waals surface area contributed by atoms with Crippen LogP contribution in [0.1, 0.15) is 44.7 Å². The summed E-state index contributed by atoms with van der Waals surface area (Å²) in [6.45, 7) is 8.30. The fraction of sp³-hybridized carbons (Fsp3) is 0.333. The van der Waals surface area contributed by atoms with Gasteiger partial charge in [-0.25, -0.2) is 0 Å². The number of fused-ring (bicyclic) bond motifs is 1. The first kappa shape index (κ1) is 14.4. The molecule has 0 aliphatic rings. The monoisotopic (exact) mass is 269 g/mol. The van der Waals surface area contributed by atoms with Crippen molar-refractivity contribution in [3.63, 3.8) is 0 Å². The van der Waals surface area contributed by atoms with Crippen molar-refractivity contribution in [3.05, 3.63) is 47.0 Å². The summed E-state index contributed by atoms with van der Waals surface area (Å²) < 4.78 is 0. The second kappa shape index (κ2) is 5.58. The van der Waals surface area contributed by atoms with Gasteiger partial charge >= 0.3 is 0 Å². The summed E-state index contributed by atoms with van der Waals surface area (Å²) in [7, 11) is 0. The van der Waals surface area contributed by atoms with E-state index in [2.05, 4.69) is 58.0 Å². The van der Waals surface area contributed by atoms with Crippen molar-refractivity contribution in [3.8, 4) is 5.75 Å². The number of allylic oxidation sites excluding steroid dienone is 2. The Labute approximate surface area is 120 Å². The normalized spacial score (nSPS) is 11.1. The van der Waals surface area contributed by atoms with Gasteiger partial charge in [-0.3, -0.25) is 0 Å². The lowest BCUT2D eigenvalue weighted by molar-refractivity contribution is 0.468. The molecule has 2 nitrogen and oxygen atoms in total. The van der Waals surface area contributed by atoms with Crippen LogP contribution < -0.4 is 5.73 Å². The van der Waals surface area contributed by atoms with Crippen molar-refractivity contribution in [2.45, 2.75) is 40.0 Å². The highest BCUT2D eigenvalue weighted by molar-refractivity contribution is 5.99. The molecule has 0 aliphatic heterocycles. The van der Waals surface area contributed by atoms with E-state index >= 15 is 0 Å². The molecule has 106 valence electrons. The van der Waals surface area contributed by atoms with E-state index in [0.29, 0.717) is 5.69 Å². The van der Waals surface area contributed by atoms with Crippen molar-refractivity contribution in [1.29, 1.82) is 0 Å². The van der Waals surface area contributed by atoms with E-state index in [1.54, 1.807) is 0 Å². The van der Waals surface area contributed by atoms with Crippen LogP contribution in [0.4, 0.5) is 5.69 Å². The Morgan fingerprint density at radius 1 is 1.30 bits per heavy atom. The van der Waals surface area contributed by atoms with Gasteiger partial charge in [-0.15, -0.1) is 0 Å². The fourth-order valence-electron chi connectivity index (χ4n) is 2.50. The van der Waals surface area contributed by atoms with E-state index in [4.69, 9.17) is 5.73 Å². The summed E-state index contributed by atoms with van der Waals surface area (Å²) in [5, 5.41) is 12.4. The van der Waals surface area contributed by atoms with Gasteiger partial charge in [-0.2, -0.15) is 0 Å². The molecular weight excluding hydrogens is 246 g/mol. The molecule has 3 N–H and O–H groups in total. The average molecular weight is 269 g/mol. The Kier molecular flexibility index (Phi) is 4.03. The number of nitrogens with two attached hydrogens (primary N) is 1. The first-order chi connectivity index (χ1) is 9.41. The van der Waals surface area contributed by atoms with Crippen LogP contribution >= 0.6 is 0 Å². The molecule has 0 fully saturated rings. The second-order valence-corrected chi connectivity index (χ2v) is 5.88. The van der Waals surface area contributed by atoms with Gasteiger partial charge in [-0.05, 0) is 48.8 Å². The SMILES string of the molecule is CC(C)=CCc1cccc2cc(C(C)C)c(O)c(N)c12. The third-order valence-electron chi connectivity index (χ3n) is 3.64. The first-order valence-electron chi connectivity index (χ1n) is 7.08. The minimum Gasteiger partial charge on any atom is -0.505 e. The Hall–Kier alpha value is -1.96. The minimum atomic E-state index is 0.233. The van der Waals surface area contributed by atoms with Crippen molar-refractivity contribution in [2.75, 3.05) is 5.73 Å². The maximum atomic E-state index is 10.3. The predicted octanol–water partition coefficient (Wildman–Crippen LogP) is 4.76. The molecule has 0 aliphatic carbocycles. The van der Waals surface area contributed by atoms with Gasteiger partial charge < -0.3 is 10.8 Å². The molecule has 2 rings (SSSR count). The zero-order valence-electron chi connectivity index (χ0n) is 12.7. The maximum Gasteiger partial charge on any atom is 0.142 e. The predicted molar refractivity (Wildman–Crippen MR) is 87.2 cm³/mol. The summed E-state index contributed by atoms with van der Waals surface area (Å²) >= 11 is 0. The van der Waals surface area contributed by atoms with Crippen molar-refractivity contribution in [1.82, 2.24) is 0 Å². The fourth-order valence-corrected chi connectivity index (χ4v) is 2.50. The van der Waals surface area contributed by atoms with Crippen LogP contribution in [0.2, 0.25) is 0 Å². The highest BCUT2D eigenvalue weighted by Crippen LogP contribution is 2.39. The summed E-state index contributed by atoms with van der Waals surface area (Å²) in [6.07, 6.45) is 3.02. The topological polar surface area (TPSA) is 46.2 Å². The Balaban J connectivity index is 2.69. The number of hydrogen-bond acceptors (Lipinski definition) is 2. The van der Waals surface area contributed by atoms with Gasteiger partial charge in [-0.1, -0.05) is 43.7 Å². The van der Waals surface area contributed by atoms with E-state index in [9.17, 15) is 5.11 Å². The third-order valence-corrected chi connectivity index (χ3v) is 3.64. The highest BCUT2D eigenvalue weighted by atomic mass is 16.3. The third kappa shape index (κ3) is 2.64. The van der Waals surface area contributed by atoms with Gasteiger partial charge in [0, 0.05) is 5.39 Å². The number of nitrogen functional groups attached to an aromatic ring is 1. The molecule has 2 aromatic rings. The van der Waals surface area contributed by atoms with Gasteiger partial charge in [0.05, 0.1) is 5.69 Å². The van der Waals surface area contributed by atoms with Crippen LogP contribution in [0.3, 0.4) is 0 Å². The van der Waals surface area contributed by atoms with Crippen LogP contribution in [-0.4, -0.2) is 5.11 Å². The molecule has 0 unspecified atom stereocenters. The number of aromatic hydroxyl groups is 1. The first-order valence-corrected chi connectivity index (χ1v) is 7.08. The average Bonchev–Trinajstić information content (AvgIpc) is 2.39. The van der Waals surface area contributed by atoms with Crippen molar-refractivity contribution >= 4 is 16.5 Å². The lowest BCUT2D eigenvalue weighted by atomic mass is 9.93. The quantitative estimate of drug-likeness (QED) is 0.479. The number of anilines is 1. The summed E-state index contributed by atoms with van der Waals surface area (Å²) in [5.74, 6) is 0.486. The molecule has 0 saturated carbocycles. The van der Waals surface area contributed by atoms with Crippen LogP contribution in [-0.2, 0) is 6.42 Å². The standard InChI is InChI=1S/C18H23NO/c1-11(2)8-9-13-6-5-7-14-10-15(12(3)4)18(20)17(19)16(13)14/h5-8,10,12,20H,9,19H2,1-4H3. The highest BCUT2D eigenvalue weighted by Gasteiger charge is 2.14. The molecule has 2 aromatic carbocycles. The Bertz CT molecular complexity index is 665. The molecule has 20 heavy (non-hydrogen) atoms. The van der Waals surface area contributed by atoms with E-state index in [1.807, 2.05) is 0 Å². The zero-order valence-corrected chi connectivity index (χ0v) is 12.7. The number of benzene rings is 2. The molecule has 0 radical (unpaired) electrons. The smallest absolute Gasteiger partial charge is 0.142 e. The maximum absolute atomic E-state index is 10.3. The minimum absolute atomic E-state index is 0.233. The largest absolute Gasteiger partial charge is 0.505 e. The second-order valence-electron chi connectivity index (χ2n) is 5.88. The van der Waals surface area contributed by atoms with Crippen LogP contribution in [0.15, 0.2) is 35.9 Å². The number of hydrogen-bond donors (Lipinski definition) is 2. The van der Waals surface area contributed by atoms with Crippen LogP contribution in [0, 0.1) is 0 Å². The lowest BCUT2D eigenvalue weighted by Gasteiger charge is -2.15. The van der Waals surface area contributed by atoms with E-state index in [0.717, 1.165) is 28.3 Å². The molecule has 0 spiro atoms. The molecule has 0 saturated heterocycles. The van der Waals surface area contributed by atoms with E-state index in [-0.39, 0.29) is 11.7 Å². The Morgan fingerprint density at radius 3 is 2.60 bits per heavy atom. The van der Waals surface area contributed by atoms with Crippen molar-refractivity contribution in [2.24, 2.45) is 0 Å². The molecule has 2 heteroatoms. The molecule has 0 amide bonds. The molecular formula is C18H23NO. The van der Waals surface area contributed by atoms with Crippen LogP contribution in [0.25, 0.3) is 10.8 Å². The van der Waals surface area contributed by atoms with E-state index in [1.165, 1.54) is 5.57 Å². The van der Waals surface area contributed by atoms with Crippen molar-refractivity contribution < 1.29 is 5.11 Å². The van der Waals surface area contributed by atoms with Gasteiger partial charge in [0.1, 0.15) is 5.75 Å². The van der Waals surface area contributed by atoms with E-state index < -0.39 is 0 Å². The zero-order chi connectivity index (χ0) is 14.9. The molecule has 0 aromatic heterocycles. The molecule has 0 bridgehead atoms. The number of rotatable bonds is 3. The Morgan fingerprint density at radius 2 is 2.00 bits per heavy atom. The summed E-state index contributed by atoms with van der Waals surface area (Å²) in [5.41, 5.74) is 10.0.